The van der Waals surface area contributed by atoms with Gasteiger partial charge < -0.3 is 0 Å². The number of alkyl halides is 17. The van der Waals surface area contributed by atoms with E-state index >= 15 is 0 Å². The van der Waals surface area contributed by atoms with Gasteiger partial charge >= 0.3 is 54.3 Å². The van der Waals surface area contributed by atoms with Crippen LogP contribution in [0.1, 0.15) is 0 Å². The van der Waals surface area contributed by atoms with Crippen LogP contribution in [0.5, 0.6) is 0 Å². The zero-order chi connectivity index (χ0) is 25.7. The Bertz CT molecular complexity index is 669. The van der Waals surface area contributed by atoms with Gasteiger partial charge in [0.2, 0.25) is 0 Å². The van der Waals surface area contributed by atoms with Gasteiger partial charge in [-0.2, -0.15) is 74.6 Å². The molecule has 0 aromatic carbocycles. The molecule has 0 saturated carbocycles. The molecule has 0 aromatic rings. The van der Waals surface area contributed by atoms with E-state index in [9.17, 15) is 79.4 Å². The van der Waals surface area contributed by atoms with E-state index in [1.54, 1.807) is 4.74 Å². The summed E-state index contributed by atoms with van der Waals surface area (Å²) in [5.41, 5.74) is 0.0636. The normalized spacial score (nSPS) is 18.9. The second-order valence-electron chi connectivity index (χ2n) is 4.97. The van der Waals surface area contributed by atoms with Crippen molar-refractivity contribution in [1.29, 1.82) is 0 Å². The standard InChI is InChI=1S/C9H3F17N2O3/c10-2(1(29)28-27,5(14,15)16)30-9(25,26)4(13,7(20,21)22)31-8(23,24)3(11,12)6(17,18)19/h27H2,(H,28,29)/t2-,4-/m0/s1. The minimum absolute atomic E-state index is 0.0636. The lowest BCUT2D eigenvalue weighted by atomic mass is 10.2. The number of carbonyl (C=O) groups excluding carboxylic acids is 1. The average molecular weight is 510 g/mol. The molecule has 0 aliphatic heterocycles. The van der Waals surface area contributed by atoms with Crippen LogP contribution in [0.3, 0.4) is 0 Å². The van der Waals surface area contributed by atoms with Crippen molar-refractivity contribution in [2.45, 2.75) is 48.4 Å². The van der Waals surface area contributed by atoms with E-state index in [4.69, 9.17) is 0 Å². The fourth-order valence-electron chi connectivity index (χ4n) is 1.26. The van der Waals surface area contributed by atoms with Crippen LogP contribution in [0.4, 0.5) is 74.6 Å². The molecule has 3 N–H and O–H groups in total. The molecule has 0 heterocycles. The second-order valence-corrected chi connectivity index (χ2v) is 4.97. The van der Waals surface area contributed by atoms with Gasteiger partial charge in [-0.05, 0) is 0 Å². The smallest absolute Gasteiger partial charge is 0.289 e. The molecule has 0 spiro atoms. The topological polar surface area (TPSA) is 73.6 Å². The predicted molar refractivity (Wildman–Crippen MR) is 55.2 cm³/mol. The molecule has 0 unspecified atom stereocenters. The number of amides is 1. The number of hydrogen-bond donors (Lipinski definition) is 2. The Labute approximate surface area is 156 Å². The Morgan fingerprint density at radius 2 is 0.968 bits per heavy atom. The number of rotatable bonds is 7. The van der Waals surface area contributed by atoms with Crippen molar-refractivity contribution in [3.05, 3.63) is 0 Å². The minimum Gasteiger partial charge on any atom is -0.289 e. The third kappa shape index (κ3) is 4.83. The molecular formula is C9H3F17N2O3. The number of halogens is 17. The summed E-state index contributed by atoms with van der Waals surface area (Å²) in [6, 6.07) is 0. The first kappa shape index (κ1) is 29.2. The fourth-order valence-corrected chi connectivity index (χ4v) is 1.26. The monoisotopic (exact) mass is 510 g/mol. The van der Waals surface area contributed by atoms with Crippen LogP contribution >= 0.6 is 0 Å². The molecule has 0 radical (unpaired) electrons. The van der Waals surface area contributed by atoms with Gasteiger partial charge in [-0.1, -0.05) is 0 Å². The van der Waals surface area contributed by atoms with E-state index < -0.39 is 54.3 Å². The molecular weight excluding hydrogens is 507 g/mol. The number of carbonyl (C=O) groups is 1. The molecule has 2 atom stereocenters. The van der Waals surface area contributed by atoms with E-state index in [1.165, 1.54) is 4.74 Å². The molecule has 22 heteroatoms. The molecule has 186 valence electrons. The summed E-state index contributed by atoms with van der Waals surface area (Å²) in [6.07, 6.45) is -38.5. The van der Waals surface area contributed by atoms with Crippen LogP contribution in [-0.2, 0) is 14.3 Å². The van der Waals surface area contributed by atoms with Gasteiger partial charge in [0.15, 0.2) is 0 Å². The molecule has 0 aromatic heterocycles. The first-order valence-corrected chi connectivity index (χ1v) is 6.27. The second kappa shape index (κ2) is 7.64. The maximum atomic E-state index is 13.7. The number of nitrogens with one attached hydrogen (secondary N) is 1. The number of hydrazine groups is 1. The highest BCUT2D eigenvalue weighted by Crippen LogP contribution is 2.56. The summed E-state index contributed by atoms with van der Waals surface area (Å²) in [4.78, 5) is 10.7. The molecule has 5 nitrogen and oxygen atoms in total. The van der Waals surface area contributed by atoms with Crippen molar-refractivity contribution in [2.75, 3.05) is 0 Å². The van der Waals surface area contributed by atoms with Gasteiger partial charge in [0.05, 0.1) is 0 Å². The maximum Gasteiger partial charge on any atom is 0.462 e. The van der Waals surface area contributed by atoms with Crippen molar-refractivity contribution in [3.63, 3.8) is 0 Å². The lowest BCUT2D eigenvalue weighted by molar-refractivity contribution is -0.548. The van der Waals surface area contributed by atoms with Gasteiger partial charge in [0.1, 0.15) is 0 Å². The maximum absolute atomic E-state index is 13.7. The van der Waals surface area contributed by atoms with Crippen LogP contribution in [-0.4, -0.2) is 54.3 Å². The van der Waals surface area contributed by atoms with Gasteiger partial charge in [-0.25, -0.2) is 5.84 Å². The molecule has 31 heavy (non-hydrogen) atoms. The van der Waals surface area contributed by atoms with Crippen molar-refractivity contribution in [3.8, 4) is 0 Å². The molecule has 1 amide bonds. The Balaban J connectivity index is 6.69. The average Bonchev–Trinajstić information content (AvgIpc) is 2.49. The predicted octanol–water partition coefficient (Wildman–Crippen LogP) is 3.85. The Morgan fingerprint density at radius 1 is 0.581 bits per heavy atom. The van der Waals surface area contributed by atoms with Crippen molar-refractivity contribution < 1.29 is 88.9 Å². The molecule has 0 fully saturated rings. The Hall–Kier alpha value is -1.84. The Kier molecular flexibility index (Phi) is 7.18. The highest BCUT2D eigenvalue weighted by atomic mass is 19.4. The third-order valence-electron chi connectivity index (χ3n) is 2.79. The highest BCUT2D eigenvalue weighted by molar-refractivity contribution is 5.83. The lowest BCUT2D eigenvalue weighted by Gasteiger charge is -2.40. The van der Waals surface area contributed by atoms with E-state index in [2.05, 4.69) is 5.84 Å². The summed E-state index contributed by atoms with van der Waals surface area (Å²) in [5, 5.41) is 0. The van der Waals surface area contributed by atoms with Crippen LogP contribution in [0.25, 0.3) is 0 Å². The van der Waals surface area contributed by atoms with Crippen molar-refractivity contribution in [1.82, 2.24) is 5.43 Å². The van der Waals surface area contributed by atoms with Crippen molar-refractivity contribution >= 4 is 5.91 Å². The van der Waals surface area contributed by atoms with E-state index in [0.29, 0.717) is 0 Å². The quantitative estimate of drug-likeness (QED) is 0.237. The summed E-state index contributed by atoms with van der Waals surface area (Å²) in [6.45, 7) is 0. The van der Waals surface area contributed by atoms with Crippen LogP contribution in [0.2, 0.25) is 0 Å². The summed E-state index contributed by atoms with van der Waals surface area (Å²) in [7, 11) is 0. The molecule has 0 aliphatic carbocycles. The van der Waals surface area contributed by atoms with Gasteiger partial charge in [-0.15, -0.1) is 0 Å². The van der Waals surface area contributed by atoms with Gasteiger partial charge in [0.25, 0.3) is 0 Å². The fraction of sp³-hybridized carbons (Fsp3) is 0.889. The SMILES string of the molecule is NNC(=O)[C@](F)(OC(F)(F)[C@@](F)(OC(F)(F)C(F)(F)C(F)(F)F)C(F)(F)F)C(F)(F)F. The molecule has 0 bridgehead atoms. The zero-order valence-electron chi connectivity index (χ0n) is 13.2. The van der Waals surface area contributed by atoms with E-state index in [0.717, 1.165) is 0 Å². The first-order valence-electron chi connectivity index (χ1n) is 6.27. The van der Waals surface area contributed by atoms with Crippen LogP contribution < -0.4 is 11.3 Å². The Morgan fingerprint density at radius 3 is 1.23 bits per heavy atom. The summed E-state index contributed by atoms with van der Waals surface area (Å²) < 4.78 is 218. The zero-order valence-corrected chi connectivity index (χ0v) is 13.2. The third-order valence-corrected chi connectivity index (χ3v) is 2.79. The van der Waals surface area contributed by atoms with Crippen LogP contribution in [0, 0.1) is 0 Å². The number of nitrogens with two attached hydrogens (primary N) is 1. The van der Waals surface area contributed by atoms with Crippen molar-refractivity contribution in [2.24, 2.45) is 5.84 Å². The van der Waals surface area contributed by atoms with E-state index in [1.807, 2.05) is 0 Å². The van der Waals surface area contributed by atoms with Crippen LogP contribution in [0.15, 0.2) is 0 Å². The minimum atomic E-state index is -8.05. The summed E-state index contributed by atoms with van der Waals surface area (Å²) in [5.74, 6) is -22.5. The molecule has 0 saturated heterocycles. The summed E-state index contributed by atoms with van der Waals surface area (Å²) >= 11 is 0. The lowest BCUT2D eigenvalue weighted by Crippen LogP contribution is -2.69. The van der Waals surface area contributed by atoms with Gasteiger partial charge in [0, 0.05) is 0 Å². The van der Waals surface area contributed by atoms with Gasteiger partial charge in [-0.3, -0.25) is 19.7 Å². The van der Waals surface area contributed by atoms with E-state index in [-0.39, 0.29) is 5.43 Å². The molecule has 0 rings (SSSR count). The number of hydrogen-bond acceptors (Lipinski definition) is 4. The largest absolute Gasteiger partial charge is 0.462 e. The molecule has 0 aliphatic rings. The highest BCUT2D eigenvalue weighted by Gasteiger charge is 2.85. The number of ether oxygens (including phenoxy) is 2. The first-order chi connectivity index (χ1) is 13.1.